The Morgan fingerprint density at radius 3 is 1.15 bits per heavy atom. The van der Waals surface area contributed by atoms with Crippen LogP contribution in [-0.4, -0.2) is 47.4 Å². The van der Waals surface area contributed by atoms with E-state index < -0.39 is 12.1 Å². The first kappa shape index (κ1) is 60.6. The third-order valence-corrected chi connectivity index (χ3v) is 13.1. The summed E-state index contributed by atoms with van der Waals surface area (Å²) < 4.78 is 5.48. The van der Waals surface area contributed by atoms with Gasteiger partial charge in [0.15, 0.2) is 0 Å². The van der Waals surface area contributed by atoms with E-state index in [9.17, 15) is 19.8 Å². The molecule has 6 nitrogen and oxygen atoms in total. The Hall–Kier alpha value is -1.40. The maximum absolute atomic E-state index is 12.4. The zero-order valence-corrected chi connectivity index (χ0v) is 41.9. The molecule has 62 heavy (non-hydrogen) atoms. The Labute approximate surface area is 387 Å². The standard InChI is InChI=1S/C56H109NO5/c1-3-5-7-9-11-13-14-15-16-20-24-27-30-34-38-42-46-50-56(61)62-51-47-43-39-35-31-28-25-22-19-17-18-21-23-26-29-33-37-41-45-49-55(60)57-53(52-58)54(59)48-44-40-36-32-12-10-8-6-4-2/h15-16,53-54,58-59H,3-14,17-52H2,1-2H3,(H,57,60)/b16-15-. The van der Waals surface area contributed by atoms with Gasteiger partial charge in [-0.3, -0.25) is 9.59 Å². The van der Waals surface area contributed by atoms with Crippen LogP contribution < -0.4 is 5.32 Å². The predicted molar refractivity (Wildman–Crippen MR) is 269 cm³/mol. The number of esters is 1. The molecular weight excluding hydrogens is 767 g/mol. The quantitative estimate of drug-likeness (QED) is 0.0321. The van der Waals surface area contributed by atoms with Gasteiger partial charge in [0.25, 0.3) is 0 Å². The Morgan fingerprint density at radius 1 is 0.435 bits per heavy atom. The Balaban J connectivity index is 3.35. The van der Waals surface area contributed by atoms with E-state index in [-0.39, 0.29) is 18.5 Å². The Bertz CT molecular complexity index is 924. The second kappa shape index (κ2) is 52.2. The summed E-state index contributed by atoms with van der Waals surface area (Å²) in [5.74, 6) is -0.0336. The van der Waals surface area contributed by atoms with Crippen molar-refractivity contribution in [2.45, 2.75) is 321 Å². The molecule has 0 aliphatic heterocycles. The van der Waals surface area contributed by atoms with Crippen molar-refractivity contribution < 1.29 is 24.5 Å². The molecule has 0 aromatic heterocycles. The van der Waals surface area contributed by atoms with Crippen molar-refractivity contribution in [2.75, 3.05) is 13.2 Å². The monoisotopic (exact) mass is 876 g/mol. The van der Waals surface area contributed by atoms with Crippen LogP contribution in [0.4, 0.5) is 0 Å². The lowest BCUT2D eigenvalue weighted by molar-refractivity contribution is -0.143. The van der Waals surface area contributed by atoms with Crippen LogP contribution in [0.3, 0.4) is 0 Å². The number of hydrogen-bond acceptors (Lipinski definition) is 5. The first-order valence-corrected chi connectivity index (χ1v) is 27.9. The van der Waals surface area contributed by atoms with Gasteiger partial charge in [-0.1, -0.05) is 257 Å². The van der Waals surface area contributed by atoms with Crippen LogP contribution in [0.25, 0.3) is 0 Å². The van der Waals surface area contributed by atoms with E-state index >= 15 is 0 Å². The first-order valence-electron chi connectivity index (χ1n) is 27.9. The molecule has 1 amide bonds. The van der Waals surface area contributed by atoms with Crippen molar-refractivity contribution in [3.8, 4) is 0 Å². The molecule has 0 aromatic carbocycles. The Kier molecular flexibility index (Phi) is 51.0. The molecule has 0 heterocycles. The summed E-state index contributed by atoms with van der Waals surface area (Å²) in [6.45, 7) is 4.93. The van der Waals surface area contributed by atoms with Crippen LogP contribution in [0.5, 0.6) is 0 Å². The smallest absolute Gasteiger partial charge is 0.305 e. The maximum atomic E-state index is 12.4. The molecule has 0 bridgehead atoms. The van der Waals surface area contributed by atoms with Crippen molar-refractivity contribution in [3.63, 3.8) is 0 Å². The average Bonchev–Trinajstić information content (AvgIpc) is 3.27. The van der Waals surface area contributed by atoms with Gasteiger partial charge in [0.05, 0.1) is 25.4 Å². The van der Waals surface area contributed by atoms with Crippen molar-refractivity contribution in [1.29, 1.82) is 0 Å². The molecule has 3 N–H and O–H groups in total. The van der Waals surface area contributed by atoms with Gasteiger partial charge in [0.2, 0.25) is 5.91 Å². The second-order valence-electron chi connectivity index (χ2n) is 19.3. The van der Waals surface area contributed by atoms with Gasteiger partial charge in [-0.2, -0.15) is 0 Å². The van der Waals surface area contributed by atoms with Crippen molar-refractivity contribution in [3.05, 3.63) is 12.2 Å². The van der Waals surface area contributed by atoms with Gasteiger partial charge in [0, 0.05) is 12.8 Å². The highest BCUT2D eigenvalue weighted by molar-refractivity contribution is 5.76. The van der Waals surface area contributed by atoms with Crippen LogP contribution in [0.15, 0.2) is 12.2 Å². The number of amides is 1. The lowest BCUT2D eigenvalue weighted by Gasteiger charge is -2.22. The van der Waals surface area contributed by atoms with E-state index in [1.54, 1.807) is 0 Å². The fourth-order valence-corrected chi connectivity index (χ4v) is 8.75. The summed E-state index contributed by atoms with van der Waals surface area (Å²) in [4.78, 5) is 24.5. The van der Waals surface area contributed by atoms with Crippen molar-refractivity contribution >= 4 is 11.9 Å². The summed E-state index contributed by atoms with van der Waals surface area (Å²) in [5, 5.41) is 23.1. The van der Waals surface area contributed by atoms with Crippen molar-refractivity contribution in [2.24, 2.45) is 0 Å². The number of carbonyl (C=O) groups is 2. The topological polar surface area (TPSA) is 95.9 Å². The third-order valence-electron chi connectivity index (χ3n) is 13.1. The molecule has 6 heteroatoms. The molecule has 368 valence electrons. The zero-order chi connectivity index (χ0) is 45.1. The molecule has 0 aliphatic carbocycles. The molecule has 0 aromatic rings. The number of allylic oxidation sites excluding steroid dienone is 2. The fourth-order valence-electron chi connectivity index (χ4n) is 8.75. The van der Waals surface area contributed by atoms with E-state index in [0.717, 1.165) is 44.9 Å². The summed E-state index contributed by atoms with van der Waals surface area (Å²) in [7, 11) is 0. The molecule has 0 aliphatic rings. The second-order valence-corrected chi connectivity index (χ2v) is 19.3. The van der Waals surface area contributed by atoms with Crippen LogP contribution in [0, 0.1) is 0 Å². The minimum atomic E-state index is -0.663. The summed E-state index contributed by atoms with van der Waals surface area (Å²) in [5.41, 5.74) is 0. The molecule has 0 spiro atoms. The van der Waals surface area contributed by atoms with Gasteiger partial charge >= 0.3 is 5.97 Å². The molecule has 0 fully saturated rings. The first-order chi connectivity index (χ1) is 30.5. The maximum Gasteiger partial charge on any atom is 0.305 e. The lowest BCUT2D eigenvalue weighted by atomic mass is 10.0. The number of rotatable bonds is 52. The molecule has 0 radical (unpaired) electrons. The van der Waals surface area contributed by atoms with Gasteiger partial charge in [-0.25, -0.2) is 0 Å². The Morgan fingerprint density at radius 2 is 0.758 bits per heavy atom. The number of carbonyl (C=O) groups excluding carboxylic acids is 2. The molecule has 0 saturated heterocycles. The largest absolute Gasteiger partial charge is 0.466 e. The van der Waals surface area contributed by atoms with Crippen LogP contribution >= 0.6 is 0 Å². The molecular formula is C56H109NO5. The van der Waals surface area contributed by atoms with E-state index in [4.69, 9.17) is 4.74 Å². The third kappa shape index (κ3) is 48.1. The number of aliphatic hydroxyl groups excluding tert-OH is 2. The van der Waals surface area contributed by atoms with Gasteiger partial charge in [0.1, 0.15) is 0 Å². The molecule has 2 unspecified atom stereocenters. The normalized spacial score (nSPS) is 12.6. The van der Waals surface area contributed by atoms with Crippen LogP contribution in [-0.2, 0) is 14.3 Å². The summed E-state index contributed by atoms with van der Waals surface area (Å²) in [6.07, 6.45) is 60.6. The highest BCUT2D eigenvalue weighted by Gasteiger charge is 2.20. The SMILES string of the molecule is CCCCCCCC/C=C\CCCCCCCCCC(=O)OCCCCCCCCCCCCCCCCCCCCCC(=O)NC(CO)C(O)CCCCCCCCCCC. The number of unbranched alkanes of at least 4 members (excludes halogenated alkanes) is 39. The van der Waals surface area contributed by atoms with Crippen LogP contribution in [0.1, 0.15) is 309 Å². The summed E-state index contributed by atoms with van der Waals surface area (Å²) >= 11 is 0. The number of aliphatic hydroxyl groups is 2. The molecule has 0 rings (SSSR count). The van der Waals surface area contributed by atoms with E-state index in [1.165, 1.54) is 231 Å². The van der Waals surface area contributed by atoms with E-state index in [2.05, 4.69) is 31.3 Å². The predicted octanol–water partition coefficient (Wildman–Crippen LogP) is 16.9. The van der Waals surface area contributed by atoms with E-state index in [0.29, 0.717) is 25.9 Å². The number of ether oxygens (including phenoxy) is 1. The minimum Gasteiger partial charge on any atom is -0.466 e. The average molecular weight is 876 g/mol. The zero-order valence-electron chi connectivity index (χ0n) is 41.9. The van der Waals surface area contributed by atoms with Gasteiger partial charge < -0.3 is 20.3 Å². The fraction of sp³-hybridized carbons (Fsp3) is 0.929. The highest BCUT2D eigenvalue weighted by Crippen LogP contribution is 2.17. The lowest BCUT2D eigenvalue weighted by Crippen LogP contribution is -2.45. The number of hydrogen-bond donors (Lipinski definition) is 3. The van der Waals surface area contributed by atoms with Crippen LogP contribution in [0.2, 0.25) is 0 Å². The highest BCUT2D eigenvalue weighted by atomic mass is 16.5. The van der Waals surface area contributed by atoms with Gasteiger partial charge in [-0.15, -0.1) is 0 Å². The van der Waals surface area contributed by atoms with Gasteiger partial charge in [-0.05, 0) is 51.4 Å². The molecule has 0 saturated carbocycles. The minimum absolute atomic E-state index is 0.00588. The summed E-state index contributed by atoms with van der Waals surface area (Å²) in [6, 6.07) is -0.541. The number of nitrogens with one attached hydrogen (secondary N) is 1. The van der Waals surface area contributed by atoms with Crippen molar-refractivity contribution in [1.82, 2.24) is 5.32 Å². The molecule has 2 atom stereocenters. The van der Waals surface area contributed by atoms with E-state index in [1.807, 2.05) is 0 Å².